The van der Waals surface area contributed by atoms with Gasteiger partial charge in [0, 0.05) is 11.6 Å². The molecule has 0 heterocycles. The van der Waals surface area contributed by atoms with Crippen LogP contribution < -0.4 is 4.72 Å². The summed E-state index contributed by atoms with van der Waals surface area (Å²) in [6.45, 7) is 0. The van der Waals surface area contributed by atoms with Crippen molar-refractivity contribution in [3.63, 3.8) is 0 Å². The topological polar surface area (TPSA) is 46.2 Å². The first-order valence-corrected chi connectivity index (χ1v) is 6.80. The van der Waals surface area contributed by atoms with Gasteiger partial charge in [-0.3, -0.25) is 0 Å². The van der Waals surface area contributed by atoms with Crippen LogP contribution in [0.1, 0.15) is 5.56 Å². The fourth-order valence-electron chi connectivity index (χ4n) is 1.34. The van der Waals surface area contributed by atoms with Gasteiger partial charge in [-0.25, -0.2) is 13.1 Å². The van der Waals surface area contributed by atoms with E-state index in [9.17, 15) is 8.42 Å². The van der Waals surface area contributed by atoms with E-state index in [4.69, 9.17) is 0 Å². The van der Waals surface area contributed by atoms with Crippen molar-refractivity contribution in [3.05, 3.63) is 66.2 Å². The predicted octanol–water partition coefficient (Wildman–Crippen LogP) is 1.97. The first-order valence-electron chi connectivity index (χ1n) is 5.31. The Morgan fingerprint density at radius 2 is 1.39 bits per heavy atom. The Hall–Kier alpha value is -2.25. The van der Waals surface area contributed by atoms with Crippen molar-refractivity contribution in [1.82, 2.24) is 4.72 Å². The van der Waals surface area contributed by atoms with E-state index in [1.54, 1.807) is 18.2 Å². The summed E-state index contributed by atoms with van der Waals surface area (Å²) in [6.07, 6.45) is 0. The molecular formula is C14H11NO2S. The highest BCUT2D eigenvalue weighted by Crippen LogP contribution is 2.06. The van der Waals surface area contributed by atoms with Gasteiger partial charge in [-0.1, -0.05) is 36.4 Å². The molecule has 0 aromatic heterocycles. The quantitative estimate of drug-likeness (QED) is 0.660. The van der Waals surface area contributed by atoms with Crippen LogP contribution in [0.25, 0.3) is 0 Å². The molecule has 4 heteroatoms. The molecule has 0 aliphatic rings. The molecule has 90 valence electrons. The summed E-state index contributed by atoms with van der Waals surface area (Å²) in [5.74, 6) is 2.73. The normalized spacial score (nSPS) is 10.2. The van der Waals surface area contributed by atoms with Crippen LogP contribution in [0.4, 0.5) is 0 Å². The van der Waals surface area contributed by atoms with E-state index < -0.39 is 10.0 Å². The zero-order valence-corrected chi connectivity index (χ0v) is 10.3. The Labute approximate surface area is 107 Å². The van der Waals surface area contributed by atoms with Crippen molar-refractivity contribution in [2.24, 2.45) is 0 Å². The van der Waals surface area contributed by atoms with Crippen molar-refractivity contribution in [2.75, 3.05) is 0 Å². The minimum atomic E-state index is -3.55. The molecule has 18 heavy (non-hydrogen) atoms. The molecule has 3 nitrogen and oxygen atoms in total. The van der Waals surface area contributed by atoms with Gasteiger partial charge in [0.15, 0.2) is 0 Å². The average molecular weight is 257 g/mol. The zero-order valence-electron chi connectivity index (χ0n) is 9.50. The largest absolute Gasteiger partial charge is 0.268 e. The van der Waals surface area contributed by atoms with Crippen LogP contribution in [-0.2, 0) is 10.0 Å². The Morgan fingerprint density at radius 3 is 2.00 bits per heavy atom. The molecular weight excluding hydrogens is 246 g/mol. The van der Waals surface area contributed by atoms with Gasteiger partial charge in [-0.2, -0.15) is 0 Å². The average Bonchev–Trinajstić information content (AvgIpc) is 2.41. The van der Waals surface area contributed by atoms with Gasteiger partial charge >= 0.3 is 0 Å². The molecule has 0 saturated carbocycles. The number of sulfonamides is 1. The smallest absolute Gasteiger partial charge is 0.238 e. The maximum atomic E-state index is 11.8. The van der Waals surface area contributed by atoms with E-state index >= 15 is 0 Å². The third-order valence-electron chi connectivity index (χ3n) is 2.22. The third kappa shape index (κ3) is 3.12. The van der Waals surface area contributed by atoms with Crippen molar-refractivity contribution < 1.29 is 8.42 Å². The molecule has 0 unspecified atom stereocenters. The van der Waals surface area contributed by atoms with Crippen LogP contribution in [0, 0.1) is 12.0 Å². The Kier molecular flexibility index (Phi) is 3.66. The standard InChI is InChI=1S/C14H11NO2S/c16-18(17,14-9-5-2-6-10-14)15-12-11-13-7-3-1-4-8-13/h1-10,15H. The Bertz CT molecular complexity index is 668. The molecule has 0 saturated heterocycles. The van der Waals surface area contributed by atoms with Gasteiger partial charge in [-0.15, -0.1) is 0 Å². The van der Waals surface area contributed by atoms with Crippen LogP contribution >= 0.6 is 0 Å². The van der Waals surface area contributed by atoms with Crippen LogP contribution in [0.15, 0.2) is 65.6 Å². The van der Waals surface area contributed by atoms with Gasteiger partial charge in [0.2, 0.25) is 0 Å². The minimum absolute atomic E-state index is 0.201. The van der Waals surface area contributed by atoms with E-state index in [-0.39, 0.29) is 4.90 Å². The fourth-order valence-corrected chi connectivity index (χ4v) is 2.16. The highest BCUT2D eigenvalue weighted by molar-refractivity contribution is 7.89. The molecule has 0 radical (unpaired) electrons. The number of hydrogen-bond donors (Lipinski definition) is 1. The summed E-state index contributed by atoms with van der Waals surface area (Å²) in [5.41, 5.74) is 0.758. The van der Waals surface area contributed by atoms with Gasteiger partial charge in [-0.05, 0) is 30.2 Å². The van der Waals surface area contributed by atoms with E-state index in [0.717, 1.165) is 5.56 Å². The summed E-state index contributed by atoms with van der Waals surface area (Å²) in [7, 11) is -3.55. The SMILES string of the molecule is O=S(=O)(NC#Cc1ccccc1)c1ccccc1. The van der Waals surface area contributed by atoms with Crippen molar-refractivity contribution in [3.8, 4) is 12.0 Å². The van der Waals surface area contributed by atoms with Crippen molar-refractivity contribution in [1.29, 1.82) is 0 Å². The summed E-state index contributed by atoms with van der Waals surface area (Å²) in [4.78, 5) is 0.201. The zero-order chi connectivity index (χ0) is 12.8. The lowest BCUT2D eigenvalue weighted by Gasteiger charge is -2.00. The number of hydrogen-bond acceptors (Lipinski definition) is 2. The molecule has 2 aromatic rings. The first kappa shape index (κ1) is 12.2. The minimum Gasteiger partial charge on any atom is -0.238 e. The van der Waals surface area contributed by atoms with Crippen molar-refractivity contribution in [2.45, 2.75) is 4.90 Å². The molecule has 0 amide bonds. The van der Waals surface area contributed by atoms with E-state index in [1.165, 1.54) is 12.1 Å². The molecule has 0 aliphatic heterocycles. The van der Waals surface area contributed by atoms with Crippen LogP contribution in [-0.4, -0.2) is 8.42 Å². The monoisotopic (exact) mass is 257 g/mol. The van der Waals surface area contributed by atoms with Gasteiger partial charge < -0.3 is 0 Å². The van der Waals surface area contributed by atoms with E-state index in [1.807, 2.05) is 30.3 Å². The maximum absolute atomic E-state index is 11.8. The van der Waals surface area contributed by atoms with Crippen molar-refractivity contribution >= 4 is 10.0 Å². The van der Waals surface area contributed by atoms with Crippen LogP contribution in [0.5, 0.6) is 0 Å². The molecule has 0 aliphatic carbocycles. The summed E-state index contributed by atoms with van der Waals surface area (Å²) in [5, 5.41) is 0. The first-order chi connectivity index (χ1) is 8.68. The second-order valence-electron chi connectivity index (χ2n) is 3.53. The number of nitrogens with one attached hydrogen (secondary N) is 1. The van der Waals surface area contributed by atoms with Crippen LogP contribution in [0.2, 0.25) is 0 Å². The Morgan fingerprint density at radius 1 is 0.833 bits per heavy atom. The number of rotatable bonds is 2. The lowest BCUT2D eigenvalue weighted by Crippen LogP contribution is -2.18. The lowest BCUT2D eigenvalue weighted by atomic mass is 10.2. The molecule has 0 fully saturated rings. The van der Waals surface area contributed by atoms with Gasteiger partial charge in [0.1, 0.15) is 0 Å². The van der Waals surface area contributed by atoms with Crippen LogP contribution in [0.3, 0.4) is 0 Å². The molecule has 2 aromatic carbocycles. The molecule has 0 spiro atoms. The summed E-state index contributed by atoms with van der Waals surface area (Å²) >= 11 is 0. The maximum Gasteiger partial charge on any atom is 0.268 e. The van der Waals surface area contributed by atoms with E-state index in [2.05, 4.69) is 16.7 Å². The molecule has 2 rings (SSSR count). The molecule has 0 atom stereocenters. The fraction of sp³-hybridized carbons (Fsp3) is 0. The highest BCUT2D eigenvalue weighted by Gasteiger charge is 2.10. The second-order valence-corrected chi connectivity index (χ2v) is 5.22. The lowest BCUT2D eigenvalue weighted by molar-refractivity contribution is 0.592. The number of benzene rings is 2. The van der Waals surface area contributed by atoms with Gasteiger partial charge in [0.25, 0.3) is 10.0 Å². The van der Waals surface area contributed by atoms with Gasteiger partial charge in [0.05, 0.1) is 4.90 Å². The summed E-state index contributed by atoms with van der Waals surface area (Å²) in [6, 6.07) is 19.8. The molecule has 0 bridgehead atoms. The summed E-state index contributed by atoms with van der Waals surface area (Å²) < 4.78 is 25.9. The Balaban J connectivity index is 2.14. The second kappa shape index (κ2) is 5.39. The van der Waals surface area contributed by atoms with E-state index in [0.29, 0.717) is 0 Å². The predicted molar refractivity (Wildman–Crippen MR) is 70.1 cm³/mol. The third-order valence-corrected chi connectivity index (χ3v) is 3.48. The molecule has 1 N–H and O–H groups in total. The highest BCUT2D eigenvalue weighted by atomic mass is 32.2.